The first-order valence-electron chi connectivity index (χ1n) is 12.9. The first-order chi connectivity index (χ1) is 17.8. The van der Waals surface area contributed by atoms with Crippen molar-refractivity contribution in [1.82, 2.24) is 19.4 Å². The molecule has 37 heavy (non-hydrogen) atoms. The van der Waals surface area contributed by atoms with E-state index >= 15 is 0 Å². The monoisotopic (exact) mass is 510 g/mol. The summed E-state index contributed by atoms with van der Waals surface area (Å²) in [5.41, 5.74) is 4.31. The minimum absolute atomic E-state index is 0.0163. The zero-order valence-corrected chi connectivity index (χ0v) is 22.5. The lowest BCUT2D eigenvalue weighted by atomic mass is 10.1. The molecular weight excluding hydrogens is 472 g/mol. The Balaban J connectivity index is 1.61. The molecule has 2 aromatic heterocycles. The number of carbonyl (C=O) groups excluding carboxylic acids is 1. The van der Waals surface area contributed by atoms with Gasteiger partial charge in [-0.3, -0.25) is 14.9 Å². The fraction of sp³-hybridized carbons (Fsp3) is 0.536. The van der Waals surface area contributed by atoms with Gasteiger partial charge in [0.25, 0.3) is 5.56 Å². The third kappa shape index (κ3) is 6.11. The molecule has 4 rings (SSSR count). The average molecular weight is 511 g/mol. The van der Waals surface area contributed by atoms with E-state index in [1.807, 2.05) is 37.4 Å². The van der Waals surface area contributed by atoms with Crippen molar-refractivity contribution >= 4 is 17.0 Å². The third-order valence-corrected chi connectivity index (χ3v) is 6.98. The smallest absolute Gasteiger partial charge is 0.325 e. The zero-order valence-electron chi connectivity index (χ0n) is 22.5. The number of benzene rings is 1. The summed E-state index contributed by atoms with van der Waals surface area (Å²) >= 11 is 0. The largest absolute Gasteiger partial charge is 0.461 e. The molecule has 9 nitrogen and oxygen atoms in total. The second-order valence-corrected chi connectivity index (χ2v) is 9.99. The molecule has 0 bridgehead atoms. The Hall–Kier alpha value is -3.01. The van der Waals surface area contributed by atoms with Crippen LogP contribution in [-0.2, 0) is 32.6 Å². The summed E-state index contributed by atoms with van der Waals surface area (Å²) in [6.07, 6.45) is 5.92. The molecule has 1 saturated carbocycles. The molecule has 200 valence electrons. The lowest BCUT2D eigenvalue weighted by Gasteiger charge is -2.20. The van der Waals surface area contributed by atoms with E-state index in [1.54, 1.807) is 25.8 Å². The second kappa shape index (κ2) is 12.0. The number of imidazole rings is 1. The van der Waals surface area contributed by atoms with Gasteiger partial charge in [0.05, 0.1) is 30.3 Å². The van der Waals surface area contributed by atoms with E-state index in [2.05, 4.69) is 16.8 Å². The number of hydrogen-bond acceptors (Lipinski definition) is 7. The van der Waals surface area contributed by atoms with E-state index in [9.17, 15) is 9.59 Å². The molecule has 1 aliphatic carbocycles. The number of pyridine rings is 1. The number of nitrogens with zero attached hydrogens (tertiary/aromatic N) is 3. The lowest BCUT2D eigenvalue weighted by molar-refractivity contribution is -0.152. The Morgan fingerprint density at radius 2 is 1.89 bits per heavy atom. The first kappa shape index (κ1) is 27.0. The Morgan fingerprint density at radius 1 is 1.16 bits per heavy atom. The molecule has 0 radical (unpaired) electrons. The second-order valence-electron chi connectivity index (χ2n) is 9.99. The van der Waals surface area contributed by atoms with E-state index in [0.29, 0.717) is 18.7 Å². The van der Waals surface area contributed by atoms with Crippen molar-refractivity contribution in [2.75, 3.05) is 27.4 Å². The van der Waals surface area contributed by atoms with Crippen LogP contribution in [0.4, 0.5) is 0 Å². The van der Waals surface area contributed by atoms with Crippen LogP contribution in [-0.4, -0.2) is 59.7 Å². The van der Waals surface area contributed by atoms with Crippen molar-refractivity contribution in [2.45, 2.75) is 64.3 Å². The van der Waals surface area contributed by atoms with E-state index in [-0.39, 0.29) is 30.3 Å². The minimum atomic E-state index is -0.537. The van der Waals surface area contributed by atoms with Crippen LogP contribution in [0.5, 0.6) is 0 Å². The number of aryl methyl sites for hydroxylation is 2. The van der Waals surface area contributed by atoms with Crippen molar-refractivity contribution in [2.24, 2.45) is 7.05 Å². The van der Waals surface area contributed by atoms with Gasteiger partial charge in [-0.2, -0.15) is 0 Å². The van der Waals surface area contributed by atoms with Crippen LogP contribution in [0.2, 0.25) is 0 Å². The van der Waals surface area contributed by atoms with E-state index in [4.69, 9.17) is 19.2 Å². The summed E-state index contributed by atoms with van der Waals surface area (Å²) in [6.45, 7) is 5.14. The van der Waals surface area contributed by atoms with Gasteiger partial charge >= 0.3 is 5.97 Å². The van der Waals surface area contributed by atoms with E-state index in [0.717, 1.165) is 53.7 Å². The quantitative estimate of drug-likeness (QED) is 0.394. The van der Waals surface area contributed by atoms with Gasteiger partial charge < -0.3 is 23.3 Å². The van der Waals surface area contributed by atoms with Crippen LogP contribution in [0, 0.1) is 6.92 Å². The maximum absolute atomic E-state index is 12.7. The number of hydrogen-bond donors (Lipinski definition) is 1. The number of carbonyl (C=O) groups is 1. The highest BCUT2D eigenvalue weighted by molar-refractivity contribution is 5.81. The highest BCUT2D eigenvalue weighted by atomic mass is 16.5. The van der Waals surface area contributed by atoms with Crippen LogP contribution in [0.25, 0.3) is 22.4 Å². The third-order valence-electron chi connectivity index (χ3n) is 6.98. The highest BCUT2D eigenvalue weighted by Gasteiger charge is 2.25. The van der Waals surface area contributed by atoms with Crippen molar-refractivity contribution in [3.05, 3.63) is 51.9 Å². The van der Waals surface area contributed by atoms with Gasteiger partial charge in [0.15, 0.2) is 0 Å². The molecule has 2 heterocycles. The SMILES string of the molecule is COCC(NCc1ccc2c(c1)nc(-c1cc(C)c(=O)n(C)c1)n2C(C)COC)C(=O)OC1CCCC1. The molecule has 2 atom stereocenters. The fourth-order valence-electron chi connectivity index (χ4n) is 5.09. The lowest BCUT2D eigenvalue weighted by Crippen LogP contribution is -2.42. The van der Waals surface area contributed by atoms with Gasteiger partial charge in [-0.15, -0.1) is 0 Å². The number of aromatic nitrogens is 3. The van der Waals surface area contributed by atoms with Crippen molar-refractivity contribution in [1.29, 1.82) is 0 Å². The molecule has 0 aliphatic heterocycles. The number of ether oxygens (including phenoxy) is 3. The van der Waals surface area contributed by atoms with E-state index in [1.165, 1.54) is 0 Å². The predicted molar refractivity (Wildman–Crippen MR) is 143 cm³/mol. The summed E-state index contributed by atoms with van der Waals surface area (Å²) in [4.78, 5) is 30.0. The van der Waals surface area contributed by atoms with Crippen molar-refractivity contribution in [3.63, 3.8) is 0 Å². The Kier molecular flexibility index (Phi) is 8.79. The number of nitrogens with one attached hydrogen (secondary N) is 1. The van der Waals surface area contributed by atoms with E-state index < -0.39 is 6.04 Å². The van der Waals surface area contributed by atoms with Gasteiger partial charge in [0.1, 0.15) is 18.0 Å². The summed E-state index contributed by atoms with van der Waals surface area (Å²) in [5.74, 6) is 0.514. The number of rotatable bonds is 11. The van der Waals surface area contributed by atoms with Gasteiger partial charge in [0, 0.05) is 45.1 Å². The van der Waals surface area contributed by atoms with Crippen molar-refractivity contribution < 1.29 is 19.0 Å². The predicted octanol–water partition coefficient (Wildman–Crippen LogP) is 3.51. The molecule has 1 aliphatic rings. The standard InChI is InChI=1S/C28H38N4O5/c1-18-12-21(15-31(3)27(18)33)26-30-23-13-20(10-11-25(23)32(26)19(2)16-35-4)14-29-24(17-36-5)28(34)37-22-8-6-7-9-22/h10-13,15,19,22,24,29H,6-9,14,16-17H2,1-5H3. The maximum atomic E-state index is 12.7. The van der Waals surface area contributed by atoms with Crippen molar-refractivity contribution in [3.8, 4) is 11.4 Å². The summed E-state index contributed by atoms with van der Waals surface area (Å²) in [6, 6.07) is 7.49. The maximum Gasteiger partial charge on any atom is 0.325 e. The minimum Gasteiger partial charge on any atom is -0.461 e. The van der Waals surface area contributed by atoms with Gasteiger partial charge in [-0.25, -0.2) is 4.98 Å². The Bertz CT molecular complexity index is 1270. The van der Waals surface area contributed by atoms with Crippen LogP contribution >= 0.6 is 0 Å². The van der Waals surface area contributed by atoms with Crippen LogP contribution in [0.15, 0.2) is 35.3 Å². The molecule has 1 N–H and O–H groups in total. The Morgan fingerprint density at radius 3 is 2.57 bits per heavy atom. The van der Waals surface area contributed by atoms with Gasteiger partial charge in [0.2, 0.25) is 0 Å². The first-order valence-corrected chi connectivity index (χ1v) is 12.9. The molecule has 0 amide bonds. The molecule has 9 heteroatoms. The van der Waals surface area contributed by atoms with Crippen LogP contribution in [0.1, 0.15) is 49.8 Å². The van der Waals surface area contributed by atoms with Gasteiger partial charge in [-0.1, -0.05) is 6.07 Å². The van der Waals surface area contributed by atoms with Crippen LogP contribution < -0.4 is 10.9 Å². The molecule has 0 spiro atoms. The van der Waals surface area contributed by atoms with Crippen LogP contribution in [0.3, 0.4) is 0 Å². The fourth-order valence-corrected chi connectivity index (χ4v) is 5.09. The summed E-state index contributed by atoms with van der Waals surface area (Å²) in [5, 5.41) is 3.30. The molecule has 0 saturated heterocycles. The normalized spacial score (nSPS) is 15.8. The van der Waals surface area contributed by atoms with Gasteiger partial charge in [-0.05, 0) is 63.3 Å². The molecule has 3 aromatic rings. The Labute approximate surface area is 217 Å². The zero-order chi connectivity index (χ0) is 26.5. The summed E-state index contributed by atoms with van der Waals surface area (Å²) < 4.78 is 20.2. The number of methoxy groups -OCH3 is 2. The average Bonchev–Trinajstić information content (AvgIpc) is 3.52. The summed E-state index contributed by atoms with van der Waals surface area (Å²) in [7, 11) is 5.02. The molecule has 1 fully saturated rings. The molecule has 2 unspecified atom stereocenters. The molecule has 1 aromatic carbocycles. The number of esters is 1. The number of fused-ring (bicyclic) bond motifs is 1. The molecular formula is C28H38N4O5. The highest BCUT2D eigenvalue weighted by Crippen LogP contribution is 2.29. The topological polar surface area (TPSA) is 96.6 Å².